The van der Waals surface area contributed by atoms with E-state index in [2.05, 4.69) is 0 Å². The van der Waals surface area contributed by atoms with Crippen LogP contribution >= 0.6 is 0 Å². The van der Waals surface area contributed by atoms with Gasteiger partial charge in [0.25, 0.3) is 0 Å². The molecule has 8 nitrogen and oxygen atoms in total. The Balaban J connectivity index is 1.83. The second kappa shape index (κ2) is 8.10. The summed E-state index contributed by atoms with van der Waals surface area (Å²) in [5.74, 6) is -2.53. The lowest BCUT2D eigenvalue weighted by atomic mass is 9.94. The molecule has 0 aromatic heterocycles. The Bertz CT molecular complexity index is 613. The monoisotopic (exact) mass is 384 g/mol. The average Bonchev–Trinajstić information content (AvgIpc) is 2.70. The molecule has 7 atom stereocenters. The van der Waals surface area contributed by atoms with Crippen LogP contribution in [-0.2, 0) is 35.0 Å². The molecule has 2 unspecified atom stereocenters. The van der Waals surface area contributed by atoms with Crippen LogP contribution in [0.25, 0.3) is 0 Å². The molecule has 2 saturated heterocycles. The van der Waals surface area contributed by atoms with E-state index in [9.17, 15) is 10.2 Å². The van der Waals surface area contributed by atoms with Gasteiger partial charge >= 0.3 is 0 Å². The lowest BCUT2D eigenvalue weighted by Crippen LogP contribution is -2.73. The predicted molar refractivity (Wildman–Crippen MR) is 93.6 cm³/mol. The van der Waals surface area contributed by atoms with Crippen molar-refractivity contribution < 1.29 is 38.6 Å². The maximum absolute atomic E-state index is 10.6. The summed E-state index contributed by atoms with van der Waals surface area (Å²) < 4.78 is 34.9. The Hall–Kier alpha value is -1.10. The molecule has 8 heteroatoms. The van der Waals surface area contributed by atoms with Crippen LogP contribution in [0.3, 0.4) is 0 Å². The summed E-state index contributed by atoms with van der Waals surface area (Å²) >= 11 is 0. The number of aliphatic hydroxyl groups excluding tert-OH is 2. The van der Waals surface area contributed by atoms with E-state index in [1.54, 1.807) is 13.8 Å². The van der Waals surface area contributed by atoms with Gasteiger partial charge in [0.05, 0.1) is 13.2 Å². The summed E-state index contributed by atoms with van der Waals surface area (Å²) in [7, 11) is 2.96. The van der Waals surface area contributed by atoms with E-state index in [4.69, 9.17) is 28.4 Å². The molecule has 0 radical (unpaired) electrons. The van der Waals surface area contributed by atoms with Crippen LogP contribution in [0.1, 0.15) is 19.4 Å². The van der Waals surface area contributed by atoms with E-state index in [0.717, 1.165) is 5.56 Å². The first-order chi connectivity index (χ1) is 12.9. The van der Waals surface area contributed by atoms with Gasteiger partial charge in [-0.05, 0) is 19.4 Å². The minimum Gasteiger partial charge on any atom is -0.394 e. The summed E-state index contributed by atoms with van der Waals surface area (Å²) in [6, 6.07) is 9.60. The number of ether oxygens (including phenoxy) is 6. The minimum absolute atomic E-state index is 0.275. The van der Waals surface area contributed by atoms with Gasteiger partial charge in [0.15, 0.2) is 6.29 Å². The quantitative estimate of drug-likeness (QED) is 0.743. The third-order valence-electron chi connectivity index (χ3n) is 5.38. The molecule has 0 spiro atoms. The molecule has 0 amide bonds. The molecule has 3 rings (SSSR count). The van der Waals surface area contributed by atoms with Gasteiger partial charge in [-0.3, -0.25) is 0 Å². The highest BCUT2D eigenvalue weighted by Gasteiger charge is 2.62. The van der Waals surface area contributed by atoms with Crippen molar-refractivity contribution in [2.45, 2.75) is 62.7 Å². The van der Waals surface area contributed by atoms with Crippen molar-refractivity contribution in [3.63, 3.8) is 0 Å². The zero-order chi connectivity index (χ0) is 19.7. The molecule has 1 aromatic rings. The van der Waals surface area contributed by atoms with Crippen LogP contribution in [0, 0.1) is 0 Å². The number of hydrogen-bond donors (Lipinski definition) is 2. The number of methoxy groups -OCH3 is 2. The third-order valence-corrected chi connectivity index (χ3v) is 5.38. The highest BCUT2D eigenvalue weighted by atomic mass is 16.8. The number of fused-ring (bicyclic) bond motifs is 1. The Labute approximate surface area is 158 Å². The zero-order valence-corrected chi connectivity index (χ0v) is 16.0. The standard InChI is InChI=1S/C19H28O8/c1-18(22-3)19(2,23-4)27-16-15(26-18)14(21)13(10-20)25-17(16)24-11-12-8-6-5-7-9-12/h5-9,13-17,20-21H,10-11H2,1-4H3/t13-,14-,15+,16+,17+,18?,19?/m1/s1. The molecule has 27 heavy (non-hydrogen) atoms. The highest BCUT2D eigenvalue weighted by molar-refractivity contribution is 5.13. The maximum Gasteiger partial charge on any atom is 0.220 e. The van der Waals surface area contributed by atoms with E-state index >= 15 is 0 Å². The number of rotatable bonds is 6. The van der Waals surface area contributed by atoms with Gasteiger partial charge in [0.2, 0.25) is 11.6 Å². The van der Waals surface area contributed by atoms with Crippen LogP contribution in [0.4, 0.5) is 0 Å². The number of hydrogen-bond acceptors (Lipinski definition) is 8. The van der Waals surface area contributed by atoms with Crippen LogP contribution in [-0.4, -0.2) is 73.3 Å². The Morgan fingerprint density at radius 3 is 2.15 bits per heavy atom. The molecular formula is C19H28O8. The van der Waals surface area contributed by atoms with Gasteiger partial charge in [0, 0.05) is 14.2 Å². The highest BCUT2D eigenvalue weighted by Crippen LogP contribution is 2.43. The van der Waals surface area contributed by atoms with E-state index in [1.807, 2.05) is 30.3 Å². The summed E-state index contributed by atoms with van der Waals surface area (Å²) in [5, 5.41) is 20.2. The molecule has 2 aliphatic rings. The first kappa shape index (κ1) is 20.6. The maximum atomic E-state index is 10.6. The molecule has 2 fully saturated rings. The first-order valence-corrected chi connectivity index (χ1v) is 8.93. The first-order valence-electron chi connectivity index (χ1n) is 8.93. The van der Waals surface area contributed by atoms with E-state index in [0.29, 0.717) is 0 Å². The van der Waals surface area contributed by atoms with Gasteiger partial charge in [-0.1, -0.05) is 30.3 Å². The fourth-order valence-corrected chi connectivity index (χ4v) is 3.39. The summed E-state index contributed by atoms with van der Waals surface area (Å²) in [5.41, 5.74) is 0.956. The second-order valence-electron chi connectivity index (χ2n) is 6.98. The molecular weight excluding hydrogens is 356 g/mol. The molecule has 2 heterocycles. The minimum atomic E-state index is -1.27. The smallest absolute Gasteiger partial charge is 0.220 e. The number of benzene rings is 1. The van der Waals surface area contributed by atoms with E-state index < -0.39 is 42.3 Å². The van der Waals surface area contributed by atoms with E-state index in [1.165, 1.54) is 14.2 Å². The summed E-state index contributed by atoms with van der Waals surface area (Å²) in [6.45, 7) is 3.25. The lowest BCUT2D eigenvalue weighted by molar-refractivity contribution is -0.484. The van der Waals surface area contributed by atoms with Crippen molar-refractivity contribution in [2.24, 2.45) is 0 Å². The van der Waals surface area contributed by atoms with Gasteiger partial charge in [-0.25, -0.2) is 0 Å². The number of aliphatic hydroxyl groups is 2. The van der Waals surface area contributed by atoms with Gasteiger partial charge in [-0.2, -0.15) is 0 Å². The molecule has 0 saturated carbocycles. The Morgan fingerprint density at radius 1 is 1.00 bits per heavy atom. The zero-order valence-electron chi connectivity index (χ0n) is 16.0. The fourth-order valence-electron chi connectivity index (χ4n) is 3.39. The summed E-state index contributed by atoms with van der Waals surface area (Å²) in [4.78, 5) is 0. The van der Waals surface area contributed by atoms with Crippen LogP contribution in [0.5, 0.6) is 0 Å². The van der Waals surface area contributed by atoms with Crippen molar-refractivity contribution in [3.8, 4) is 0 Å². The SMILES string of the molecule is COC1(C)O[C@@H]2[C@@H](OCc3ccccc3)O[C@H](CO)[C@@H](O)[C@@H]2OC1(C)OC. The molecule has 0 bridgehead atoms. The van der Waals surface area contributed by atoms with Crippen molar-refractivity contribution >= 4 is 0 Å². The molecule has 2 N–H and O–H groups in total. The van der Waals surface area contributed by atoms with Crippen molar-refractivity contribution in [1.29, 1.82) is 0 Å². The fraction of sp³-hybridized carbons (Fsp3) is 0.684. The normalized spacial score (nSPS) is 41.9. The van der Waals surface area contributed by atoms with Crippen molar-refractivity contribution in [1.82, 2.24) is 0 Å². The predicted octanol–water partition coefficient (Wildman–Crippen LogP) is 0.790. The van der Waals surface area contributed by atoms with E-state index in [-0.39, 0.29) is 13.2 Å². The topological polar surface area (TPSA) is 95.8 Å². The second-order valence-corrected chi connectivity index (χ2v) is 6.98. The lowest BCUT2D eigenvalue weighted by Gasteiger charge is -2.56. The van der Waals surface area contributed by atoms with Crippen LogP contribution in [0.2, 0.25) is 0 Å². The third kappa shape index (κ3) is 3.76. The van der Waals surface area contributed by atoms with Crippen molar-refractivity contribution in [3.05, 3.63) is 35.9 Å². The largest absolute Gasteiger partial charge is 0.394 e. The van der Waals surface area contributed by atoms with Gasteiger partial charge in [-0.15, -0.1) is 0 Å². The van der Waals surface area contributed by atoms with Crippen molar-refractivity contribution in [2.75, 3.05) is 20.8 Å². The summed E-state index contributed by atoms with van der Waals surface area (Å²) in [6.07, 6.45) is -4.47. The van der Waals surface area contributed by atoms with Gasteiger partial charge in [0.1, 0.15) is 24.4 Å². The van der Waals surface area contributed by atoms with Crippen LogP contribution in [0.15, 0.2) is 30.3 Å². The molecule has 0 aliphatic carbocycles. The molecule has 152 valence electrons. The molecule has 1 aromatic carbocycles. The van der Waals surface area contributed by atoms with Gasteiger partial charge < -0.3 is 38.6 Å². The Kier molecular flexibility index (Phi) is 6.19. The van der Waals surface area contributed by atoms with Crippen LogP contribution < -0.4 is 0 Å². The Morgan fingerprint density at radius 2 is 1.59 bits per heavy atom. The molecule has 2 aliphatic heterocycles. The average molecular weight is 384 g/mol.